The number of hydrogen-bond acceptors (Lipinski definition) is 6. The Morgan fingerprint density at radius 3 is 2.46 bits per heavy atom. The first-order valence-corrected chi connectivity index (χ1v) is 13.3. The number of amides is 5. The lowest BCUT2D eigenvalue weighted by molar-refractivity contribution is -0.127. The molecule has 1 aliphatic rings. The van der Waals surface area contributed by atoms with Crippen LogP contribution in [-0.4, -0.2) is 48.4 Å². The van der Waals surface area contributed by atoms with Crippen LogP contribution in [0.25, 0.3) is 6.08 Å². The number of para-hydroxylation sites is 1. The number of nitrogens with one attached hydrogen (secondary N) is 3. The van der Waals surface area contributed by atoms with E-state index >= 15 is 0 Å². The van der Waals surface area contributed by atoms with Crippen molar-refractivity contribution in [2.24, 2.45) is 0 Å². The second kappa shape index (κ2) is 13.1. The molecule has 0 radical (unpaired) electrons. The molecule has 0 atom stereocenters. The third-order valence-corrected chi connectivity index (χ3v) is 6.33. The van der Waals surface area contributed by atoms with Gasteiger partial charge in [0, 0.05) is 5.69 Å². The third-order valence-electron chi connectivity index (χ3n) is 5.74. The average molecular weight is 625 g/mol. The Kier molecular flexibility index (Phi) is 9.35. The van der Waals surface area contributed by atoms with E-state index in [2.05, 4.69) is 31.9 Å². The summed E-state index contributed by atoms with van der Waals surface area (Å²) in [5.41, 5.74) is 2.03. The molecule has 12 heteroatoms. The summed E-state index contributed by atoms with van der Waals surface area (Å²) < 4.78 is 25.7. The molecule has 41 heavy (non-hydrogen) atoms. The number of ether oxygens (including phenoxy) is 2. The monoisotopic (exact) mass is 624 g/mol. The van der Waals surface area contributed by atoms with Gasteiger partial charge in [0.05, 0.1) is 16.8 Å². The number of nitrogens with zero attached hydrogens (tertiary/aromatic N) is 1. The molecule has 3 aromatic rings. The van der Waals surface area contributed by atoms with Gasteiger partial charge < -0.3 is 25.4 Å². The van der Waals surface area contributed by atoms with E-state index < -0.39 is 30.2 Å². The van der Waals surface area contributed by atoms with E-state index in [4.69, 9.17) is 9.47 Å². The van der Waals surface area contributed by atoms with Crippen LogP contribution >= 0.6 is 15.9 Å². The van der Waals surface area contributed by atoms with E-state index in [0.29, 0.717) is 33.0 Å². The Hall–Kier alpha value is -4.71. The minimum absolute atomic E-state index is 0.0661. The molecule has 0 bridgehead atoms. The maximum Gasteiger partial charge on any atom is 0.329 e. The van der Waals surface area contributed by atoms with Crippen molar-refractivity contribution in [3.05, 3.63) is 87.8 Å². The highest BCUT2D eigenvalue weighted by atomic mass is 79.9. The highest BCUT2D eigenvalue weighted by molar-refractivity contribution is 9.10. The van der Waals surface area contributed by atoms with E-state index in [1.165, 1.54) is 24.3 Å². The third kappa shape index (κ3) is 7.48. The number of carbonyl (C=O) groups is 4. The Balaban J connectivity index is 1.45. The first-order valence-electron chi connectivity index (χ1n) is 12.5. The number of aryl methyl sites for hydroxylation is 1. The van der Waals surface area contributed by atoms with Crippen molar-refractivity contribution >= 4 is 57.1 Å². The lowest BCUT2D eigenvalue weighted by Crippen LogP contribution is -2.38. The quantitative estimate of drug-likeness (QED) is 0.219. The van der Waals surface area contributed by atoms with Crippen LogP contribution in [0.5, 0.6) is 11.5 Å². The molecule has 3 aromatic carbocycles. The number of hydrogen-bond donors (Lipinski definition) is 3. The van der Waals surface area contributed by atoms with E-state index in [-0.39, 0.29) is 29.6 Å². The molecule has 5 amide bonds. The van der Waals surface area contributed by atoms with Crippen molar-refractivity contribution in [1.82, 2.24) is 10.2 Å². The van der Waals surface area contributed by atoms with Crippen molar-refractivity contribution in [2.75, 3.05) is 30.4 Å². The molecule has 1 saturated heterocycles. The van der Waals surface area contributed by atoms with Crippen molar-refractivity contribution in [3.8, 4) is 11.5 Å². The van der Waals surface area contributed by atoms with Gasteiger partial charge in [0.1, 0.15) is 18.1 Å². The van der Waals surface area contributed by atoms with Crippen LogP contribution in [-0.2, 0) is 14.4 Å². The summed E-state index contributed by atoms with van der Waals surface area (Å²) in [5.74, 6) is -1.91. The number of anilines is 2. The summed E-state index contributed by atoms with van der Waals surface area (Å²) >= 11 is 3.42. The predicted octanol–water partition coefficient (Wildman–Crippen LogP) is 4.84. The van der Waals surface area contributed by atoms with Crippen LogP contribution in [0.4, 0.5) is 20.6 Å². The molecular weight excluding hydrogens is 599 g/mol. The van der Waals surface area contributed by atoms with Gasteiger partial charge in [0.2, 0.25) is 5.91 Å². The van der Waals surface area contributed by atoms with Crippen LogP contribution in [0.3, 0.4) is 0 Å². The molecule has 4 rings (SSSR count). The lowest BCUT2D eigenvalue weighted by atomic mass is 10.1. The zero-order chi connectivity index (χ0) is 29.5. The number of carbonyl (C=O) groups excluding carboxylic acids is 4. The van der Waals surface area contributed by atoms with Gasteiger partial charge in [0.25, 0.3) is 11.8 Å². The molecule has 1 fully saturated rings. The van der Waals surface area contributed by atoms with E-state index in [9.17, 15) is 23.6 Å². The fraction of sp³-hybridized carbons (Fsp3) is 0.172. The summed E-state index contributed by atoms with van der Waals surface area (Å²) in [6.07, 6.45) is 1.41. The Labute approximate surface area is 243 Å². The van der Waals surface area contributed by atoms with Gasteiger partial charge in [-0.25, -0.2) is 14.1 Å². The smallest absolute Gasteiger partial charge is 0.329 e. The molecule has 0 aliphatic carbocycles. The van der Waals surface area contributed by atoms with Crippen LogP contribution in [0.1, 0.15) is 18.1 Å². The van der Waals surface area contributed by atoms with Gasteiger partial charge in [0.15, 0.2) is 18.1 Å². The number of halogens is 2. The summed E-state index contributed by atoms with van der Waals surface area (Å²) in [7, 11) is 0. The van der Waals surface area contributed by atoms with Gasteiger partial charge in [-0.3, -0.25) is 14.4 Å². The molecule has 1 aliphatic heterocycles. The second-order valence-corrected chi connectivity index (χ2v) is 9.73. The molecule has 0 unspecified atom stereocenters. The van der Waals surface area contributed by atoms with Crippen LogP contribution in [0.15, 0.2) is 70.8 Å². The second-order valence-electron chi connectivity index (χ2n) is 8.87. The largest absolute Gasteiger partial charge is 0.490 e. The van der Waals surface area contributed by atoms with Crippen molar-refractivity contribution < 1.29 is 33.0 Å². The van der Waals surface area contributed by atoms with Crippen molar-refractivity contribution in [2.45, 2.75) is 13.8 Å². The standard InChI is InChI=1S/C29H26BrFN4O6/c1-3-40-24-14-18(12-20(30)27(24)41-16-26(37)32-19-10-8-17(2)9-11-19)13-23-28(38)35(29(39)34-23)15-25(36)33-22-7-5-4-6-21(22)31/h4-14H,3,15-16H2,1-2H3,(H,32,37)(H,33,36)(H,34,39)/b23-13+. The van der Waals surface area contributed by atoms with E-state index in [0.717, 1.165) is 5.56 Å². The molecule has 0 saturated carbocycles. The number of benzene rings is 3. The van der Waals surface area contributed by atoms with E-state index in [1.54, 1.807) is 37.3 Å². The normalized spacial score (nSPS) is 13.7. The Morgan fingerprint density at radius 2 is 1.76 bits per heavy atom. The maximum atomic E-state index is 13.8. The summed E-state index contributed by atoms with van der Waals surface area (Å²) in [6.45, 7) is 3.12. The van der Waals surface area contributed by atoms with Crippen molar-refractivity contribution in [3.63, 3.8) is 0 Å². The summed E-state index contributed by atoms with van der Waals surface area (Å²) in [4.78, 5) is 50.8. The van der Waals surface area contributed by atoms with Gasteiger partial charge in [-0.1, -0.05) is 29.8 Å². The Morgan fingerprint density at radius 1 is 1.02 bits per heavy atom. The van der Waals surface area contributed by atoms with Gasteiger partial charge in [-0.2, -0.15) is 0 Å². The van der Waals surface area contributed by atoms with Gasteiger partial charge >= 0.3 is 6.03 Å². The molecular formula is C29H26BrFN4O6. The molecule has 1 heterocycles. The maximum absolute atomic E-state index is 13.8. The Bertz CT molecular complexity index is 1530. The lowest BCUT2D eigenvalue weighted by Gasteiger charge is -2.15. The van der Waals surface area contributed by atoms with Crippen LogP contribution in [0.2, 0.25) is 0 Å². The zero-order valence-corrected chi connectivity index (χ0v) is 23.7. The number of urea groups is 1. The molecule has 3 N–H and O–H groups in total. The topological polar surface area (TPSA) is 126 Å². The highest BCUT2D eigenvalue weighted by Crippen LogP contribution is 2.37. The number of imide groups is 1. The number of rotatable bonds is 10. The SMILES string of the molecule is CCOc1cc(/C=C2/NC(=O)N(CC(=O)Nc3ccccc3F)C2=O)cc(Br)c1OCC(=O)Nc1ccc(C)cc1. The summed E-state index contributed by atoms with van der Waals surface area (Å²) in [5, 5.41) is 7.53. The first kappa shape index (κ1) is 29.3. The van der Waals surface area contributed by atoms with Crippen LogP contribution < -0.4 is 25.4 Å². The van der Waals surface area contributed by atoms with Crippen molar-refractivity contribution in [1.29, 1.82) is 0 Å². The first-order chi connectivity index (χ1) is 19.6. The molecule has 0 spiro atoms. The fourth-order valence-electron chi connectivity index (χ4n) is 3.82. The van der Waals surface area contributed by atoms with Crippen LogP contribution in [0, 0.1) is 12.7 Å². The minimum atomic E-state index is -0.798. The minimum Gasteiger partial charge on any atom is -0.490 e. The average Bonchev–Trinajstić information content (AvgIpc) is 3.18. The zero-order valence-electron chi connectivity index (χ0n) is 22.1. The van der Waals surface area contributed by atoms with E-state index in [1.807, 2.05) is 19.1 Å². The van der Waals surface area contributed by atoms with Gasteiger partial charge in [-0.15, -0.1) is 0 Å². The summed E-state index contributed by atoms with van der Waals surface area (Å²) in [6, 6.07) is 15.3. The molecule has 212 valence electrons. The highest BCUT2D eigenvalue weighted by Gasteiger charge is 2.35. The van der Waals surface area contributed by atoms with Gasteiger partial charge in [-0.05, 0) is 77.8 Å². The molecule has 0 aromatic heterocycles. The predicted molar refractivity (Wildman–Crippen MR) is 154 cm³/mol. The fourth-order valence-corrected chi connectivity index (χ4v) is 4.40. The molecule has 10 nitrogen and oxygen atoms in total.